The van der Waals surface area contributed by atoms with Crippen LogP contribution in [-0.2, 0) is 9.59 Å². The van der Waals surface area contributed by atoms with Gasteiger partial charge in [-0.15, -0.1) is 0 Å². The third-order valence-corrected chi connectivity index (χ3v) is 3.07. The van der Waals surface area contributed by atoms with Crippen molar-refractivity contribution in [3.63, 3.8) is 0 Å². The topological polar surface area (TPSA) is 93.5 Å². The fourth-order valence-corrected chi connectivity index (χ4v) is 1.57. The van der Waals surface area contributed by atoms with Crippen LogP contribution in [0.1, 0.15) is 20.8 Å². The highest BCUT2D eigenvalue weighted by molar-refractivity contribution is 5.94. The van der Waals surface area contributed by atoms with Gasteiger partial charge in [0.05, 0.1) is 13.2 Å². The summed E-state index contributed by atoms with van der Waals surface area (Å²) in [5.41, 5.74) is 6.28. The summed E-state index contributed by atoms with van der Waals surface area (Å²) >= 11 is 0. The van der Waals surface area contributed by atoms with Gasteiger partial charge < -0.3 is 21.1 Å². The number of carbonyl (C=O) groups excluding carboxylic acids is 2. The molecule has 1 aromatic rings. The number of hydrogen-bond donors (Lipinski definition) is 3. The van der Waals surface area contributed by atoms with Gasteiger partial charge in [0.15, 0.2) is 0 Å². The van der Waals surface area contributed by atoms with Crippen molar-refractivity contribution >= 4 is 17.5 Å². The first-order valence-electron chi connectivity index (χ1n) is 7.00. The largest absolute Gasteiger partial charge is 0.494 e. The SMILES string of the molecule is CCOc1ccc(NC(=O)CNC(=O)C(C)C(C)N)cc1. The fraction of sp³-hybridized carbons (Fsp3) is 0.467. The lowest BCUT2D eigenvalue weighted by Crippen LogP contribution is -2.41. The Bertz CT molecular complexity index is 472. The van der Waals surface area contributed by atoms with Crippen LogP contribution in [0, 0.1) is 5.92 Å². The zero-order chi connectivity index (χ0) is 15.8. The Morgan fingerprint density at radius 1 is 1.24 bits per heavy atom. The summed E-state index contributed by atoms with van der Waals surface area (Å²) in [6.07, 6.45) is 0. The number of amides is 2. The van der Waals surface area contributed by atoms with E-state index in [2.05, 4.69) is 10.6 Å². The lowest BCUT2D eigenvalue weighted by molar-refractivity contribution is -0.127. The van der Waals surface area contributed by atoms with E-state index < -0.39 is 0 Å². The summed E-state index contributed by atoms with van der Waals surface area (Å²) in [5.74, 6) is -0.103. The van der Waals surface area contributed by atoms with Gasteiger partial charge in [0.2, 0.25) is 11.8 Å². The van der Waals surface area contributed by atoms with Crippen molar-refractivity contribution in [2.45, 2.75) is 26.8 Å². The van der Waals surface area contributed by atoms with Gasteiger partial charge in [-0.1, -0.05) is 6.92 Å². The Morgan fingerprint density at radius 2 is 1.86 bits per heavy atom. The summed E-state index contributed by atoms with van der Waals surface area (Å²) in [7, 11) is 0. The number of hydrogen-bond acceptors (Lipinski definition) is 4. The van der Waals surface area contributed by atoms with Crippen molar-refractivity contribution in [1.82, 2.24) is 5.32 Å². The lowest BCUT2D eigenvalue weighted by Gasteiger charge is -2.15. The number of benzene rings is 1. The van der Waals surface area contributed by atoms with E-state index in [-0.39, 0.29) is 30.3 Å². The van der Waals surface area contributed by atoms with Crippen molar-refractivity contribution < 1.29 is 14.3 Å². The van der Waals surface area contributed by atoms with Crippen molar-refractivity contribution in [2.24, 2.45) is 11.7 Å². The Hall–Kier alpha value is -2.08. The van der Waals surface area contributed by atoms with Crippen molar-refractivity contribution in [2.75, 3.05) is 18.5 Å². The Morgan fingerprint density at radius 3 is 2.38 bits per heavy atom. The average Bonchev–Trinajstić information content (AvgIpc) is 2.46. The average molecular weight is 293 g/mol. The third-order valence-electron chi connectivity index (χ3n) is 3.07. The summed E-state index contributed by atoms with van der Waals surface area (Å²) < 4.78 is 5.31. The predicted molar refractivity (Wildman–Crippen MR) is 82.1 cm³/mol. The maximum Gasteiger partial charge on any atom is 0.243 e. The van der Waals surface area contributed by atoms with Crippen molar-refractivity contribution in [3.8, 4) is 5.75 Å². The summed E-state index contributed by atoms with van der Waals surface area (Å²) in [5, 5.41) is 5.25. The minimum Gasteiger partial charge on any atom is -0.494 e. The van der Waals surface area contributed by atoms with Crippen LogP contribution >= 0.6 is 0 Å². The van der Waals surface area contributed by atoms with Gasteiger partial charge in [0.25, 0.3) is 0 Å². The summed E-state index contributed by atoms with van der Waals surface area (Å²) in [6.45, 7) is 5.90. The van der Waals surface area contributed by atoms with Crippen molar-refractivity contribution in [1.29, 1.82) is 0 Å². The highest BCUT2D eigenvalue weighted by Crippen LogP contribution is 2.15. The van der Waals surface area contributed by atoms with E-state index in [4.69, 9.17) is 10.5 Å². The molecule has 0 aliphatic carbocycles. The zero-order valence-corrected chi connectivity index (χ0v) is 12.7. The molecule has 0 fully saturated rings. The molecule has 2 atom stereocenters. The molecule has 0 heterocycles. The molecule has 6 heteroatoms. The normalized spacial score (nSPS) is 13.1. The molecule has 21 heavy (non-hydrogen) atoms. The number of ether oxygens (including phenoxy) is 1. The van der Waals surface area contributed by atoms with Crippen LogP contribution in [-0.4, -0.2) is 31.0 Å². The molecule has 0 bridgehead atoms. The highest BCUT2D eigenvalue weighted by atomic mass is 16.5. The van der Waals surface area contributed by atoms with Gasteiger partial charge in [-0.3, -0.25) is 9.59 Å². The quantitative estimate of drug-likeness (QED) is 0.702. The number of nitrogens with two attached hydrogens (primary N) is 1. The lowest BCUT2D eigenvalue weighted by atomic mass is 10.0. The van der Waals surface area contributed by atoms with Crippen LogP contribution in [0.2, 0.25) is 0 Å². The minimum absolute atomic E-state index is 0.0803. The molecular formula is C15H23N3O3. The molecule has 0 saturated carbocycles. The second-order valence-electron chi connectivity index (χ2n) is 4.87. The first kappa shape index (κ1) is 17.0. The molecule has 1 rings (SSSR count). The molecule has 0 spiro atoms. The number of rotatable bonds is 7. The van der Waals surface area contributed by atoms with E-state index in [1.807, 2.05) is 6.92 Å². The van der Waals surface area contributed by atoms with E-state index in [9.17, 15) is 9.59 Å². The van der Waals surface area contributed by atoms with E-state index >= 15 is 0 Å². The monoisotopic (exact) mass is 293 g/mol. The van der Waals surface area contributed by atoms with Crippen LogP contribution in [0.25, 0.3) is 0 Å². The predicted octanol–water partition coefficient (Wildman–Crippen LogP) is 1.12. The maximum absolute atomic E-state index is 11.7. The van der Waals surface area contributed by atoms with Crippen LogP contribution < -0.4 is 21.1 Å². The fourth-order valence-electron chi connectivity index (χ4n) is 1.57. The maximum atomic E-state index is 11.7. The van der Waals surface area contributed by atoms with Crippen LogP contribution in [0.3, 0.4) is 0 Å². The van der Waals surface area contributed by atoms with Gasteiger partial charge in [0, 0.05) is 17.6 Å². The molecule has 0 aliphatic rings. The van der Waals surface area contributed by atoms with Gasteiger partial charge in [-0.25, -0.2) is 0 Å². The molecule has 116 valence electrons. The molecule has 0 aliphatic heterocycles. The first-order valence-corrected chi connectivity index (χ1v) is 7.00. The molecule has 6 nitrogen and oxygen atoms in total. The highest BCUT2D eigenvalue weighted by Gasteiger charge is 2.17. The second-order valence-corrected chi connectivity index (χ2v) is 4.87. The molecule has 0 radical (unpaired) electrons. The van der Waals surface area contributed by atoms with E-state index in [1.54, 1.807) is 38.1 Å². The number of nitrogens with one attached hydrogen (secondary N) is 2. The molecule has 4 N–H and O–H groups in total. The molecular weight excluding hydrogens is 270 g/mol. The minimum atomic E-state index is -0.330. The Kier molecular flexibility index (Phi) is 6.68. The standard InChI is InChI=1S/C15H23N3O3/c1-4-21-13-7-5-12(6-8-13)18-14(19)9-17-15(20)10(2)11(3)16/h5-8,10-11H,4,9,16H2,1-3H3,(H,17,20)(H,18,19). The number of anilines is 1. The molecule has 2 amide bonds. The third kappa shape index (κ3) is 5.83. The van der Waals surface area contributed by atoms with Gasteiger partial charge >= 0.3 is 0 Å². The van der Waals surface area contributed by atoms with Gasteiger partial charge in [0.1, 0.15) is 5.75 Å². The van der Waals surface area contributed by atoms with Crippen LogP contribution in [0.15, 0.2) is 24.3 Å². The molecule has 0 aromatic heterocycles. The molecule has 1 aromatic carbocycles. The first-order chi connectivity index (χ1) is 9.93. The Labute approximate surface area is 125 Å². The van der Waals surface area contributed by atoms with Gasteiger partial charge in [-0.05, 0) is 38.1 Å². The smallest absolute Gasteiger partial charge is 0.243 e. The molecule has 2 unspecified atom stereocenters. The summed E-state index contributed by atoms with van der Waals surface area (Å²) in [4.78, 5) is 23.4. The van der Waals surface area contributed by atoms with Crippen LogP contribution in [0.5, 0.6) is 5.75 Å². The zero-order valence-electron chi connectivity index (χ0n) is 12.7. The second kappa shape index (κ2) is 8.26. The Balaban J connectivity index is 2.41. The number of carbonyl (C=O) groups is 2. The van der Waals surface area contributed by atoms with E-state index in [0.717, 1.165) is 5.75 Å². The van der Waals surface area contributed by atoms with Crippen LogP contribution in [0.4, 0.5) is 5.69 Å². The van der Waals surface area contributed by atoms with E-state index in [0.29, 0.717) is 12.3 Å². The van der Waals surface area contributed by atoms with E-state index in [1.165, 1.54) is 0 Å². The van der Waals surface area contributed by atoms with Crippen molar-refractivity contribution in [3.05, 3.63) is 24.3 Å². The summed E-state index contributed by atoms with van der Waals surface area (Å²) in [6, 6.07) is 6.79. The van der Waals surface area contributed by atoms with Gasteiger partial charge in [-0.2, -0.15) is 0 Å². The molecule has 0 saturated heterocycles.